The van der Waals surface area contributed by atoms with Crippen molar-refractivity contribution in [1.29, 1.82) is 0 Å². The van der Waals surface area contributed by atoms with Gasteiger partial charge in [-0.2, -0.15) is 0 Å². The van der Waals surface area contributed by atoms with Gasteiger partial charge in [-0.25, -0.2) is 0 Å². The minimum Gasteiger partial charge on any atom is -0.381 e. The number of aryl methyl sites for hydroxylation is 1. The highest BCUT2D eigenvalue weighted by atomic mass is 16.5. The smallest absolute Gasteiger partial charge is 0.0466 e. The van der Waals surface area contributed by atoms with Gasteiger partial charge in [0.2, 0.25) is 0 Å². The molecule has 0 spiro atoms. The molecule has 28 heavy (non-hydrogen) atoms. The highest BCUT2D eigenvalue weighted by molar-refractivity contribution is 4.89. The van der Waals surface area contributed by atoms with E-state index in [0.29, 0.717) is 5.41 Å². The maximum absolute atomic E-state index is 5.75. The molecule has 0 unspecified atom stereocenters. The van der Waals surface area contributed by atoms with Crippen LogP contribution in [0.3, 0.4) is 0 Å². The molecule has 2 nitrogen and oxygen atoms in total. The van der Waals surface area contributed by atoms with Gasteiger partial charge in [0.05, 0.1) is 0 Å². The van der Waals surface area contributed by atoms with Crippen molar-refractivity contribution >= 4 is 0 Å². The van der Waals surface area contributed by atoms with Gasteiger partial charge < -0.3 is 9.30 Å². The zero-order chi connectivity index (χ0) is 20.3. The highest BCUT2D eigenvalue weighted by Gasteiger charge is 2.08. The summed E-state index contributed by atoms with van der Waals surface area (Å²) in [5, 5.41) is 0. The first-order chi connectivity index (χ1) is 13.6. The fourth-order valence-electron chi connectivity index (χ4n) is 3.77. The summed E-state index contributed by atoms with van der Waals surface area (Å²) in [4.78, 5) is 0. The van der Waals surface area contributed by atoms with E-state index in [1.807, 2.05) is 0 Å². The van der Waals surface area contributed by atoms with Gasteiger partial charge in [0, 0.05) is 32.2 Å². The number of hydrogen-bond donors (Lipinski definition) is 0. The van der Waals surface area contributed by atoms with Crippen molar-refractivity contribution in [3.63, 3.8) is 0 Å². The Balaban J connectivity index is 1.67. The zero-order valence-corrected chi connectivity index (χ0v) is 19.4. The van der Waals surface area contributed by atoms with Gasteiger partial charge in [0.1, 0.15) is 0 Å². The van der Waals surface area contributed by atoms with E-state index in [-0.39, 0.29) is 0 Å². The lowest BCUT2D eigenvalue weighted by Gasteiger charge is -2.17. The Morgan fingerprint density at radius 3 is 1.50 bits per heavy atom. The van der Waals surface area contributed by atoms with E-state index in [4.69, 9.17) is 4.74 Å². The van der Waals surface area contributed by atoms with Crippen molar-refractivity contribution in [3.8, 4) is 0 Å². The maximum atomic E-state index is 5.75. The second-order valence-corrected chi connectivity index (χ2v) is 9.79. The first-order valence-corrected chi connectivity index (χ1v) is 12.3. The summed E-state index contributed by atoms with van der Waals surface area (Å²) in [6.07, 6.45) is 25.0. The Morgan fingerprint density at radius 1 is 0.571 bits per heavy atom. The summed E-state index contributed by atoms with van der Waals surface area (Å²) in [5.74, 6) is 0. The van der Waals surface area contributed by atoms with E-state index in [2.05, 4.69) is 49.9 Å². The summed E-state index contributed by atoms with van der Waals surface area (Å²) in [5.41, 5.74) is 0.451. The Morgan fingerprint density at radius 2 is 1.00 bits per heavy atom. The molecular weight excluding hydrogens is 342 g/mol. The summed E-state index contributed by atoms with van der Waals surface area (Å²) in [6.45, 7) is 10.0. The maximum Gasteiger partial charge on any atom is 0.0466 e. The number of ether oxygens (including phenoxy) is 1. The largest absolute Gasteiger partial charge is 0.381 e. The molecule has 0 saturated carbocycles. The van der Waals surface area contributed by atoms with Crippen LogP contribution in [-0.2, 0) is 11.3 Å². The molecule has 1 rings (SSSR count). The van der Waals surface area contributed by atoms with E-state index in [0.717, 1.165) is 13.2 Å². The molecule has 0 atom stereocenters. The van der Waals surface area contributed by atoms with E-state index in [1.165, 1.54) is 103 Å². The van der Waals surface area contributed by atoms with Gasteiger partial charge in [0.15, 0.2) is 0 Å². The van der Waals surface area contributed by atoms with Gasteiger partial charge >= 0.3 is 0 Å². The van der Waals surface area contributed by atoms with Crippen LogP contribution in [0.1, 0.15) is 117 Å². The molecule has 1 heterocycles. The molecule has 1 aromatic rings. The third-order valence-corrected chi connectivity index (χ3v) is 5.59. The van der Waals surface area contributed by atoms with Gasteiger partial charge in [-0.3, -0.25) is 0 Å². The van der Waals surface area contributed by atoms with Crippen molar-refractivity contribution < 1.29 is 4.74 Å². The Hall–Kier alpha value is -0.760. The fourth-order valence-corrected chi connectivity index (χ4v) is 3.77. The first-order valence-electron chi connectivity index (χ1n) is 12.3. The van der Waals surface area contributed by atoms with Crippen LogP contribution in [0.4, 0.5) is 0 Å². The number of rotatable bonds is 19. The van der Waals surface area contributed by atoms with Crippen molar-refractivity contribution in [2.45, 2.75) is 124 Å². The molecule has 0 aliphatic heterocycles. The minimum atomic E-state index is 0.451. The molecule has 0 aliphatic rings. The average Bonchev–Trinajstić information content (AvgIpc) is 3.16. The zero-order valence-electron chi connectivity index (χ0n) is 19.4. The standard InChI is InChI=1S/C26H49NO/c1-26(2,3)20-19-25-28-24-18-14-12-10-8-6-4-5-7-9-11-13-15-21-27-22-16-17-23-27/h16-17,22-23H,4-15,18-21,24-25H2,1-3H3. The quantitative estimate of drug-likeness (QED) is 0.216. The van der Waals surface area contributed by atoms with Gasteiger partial charge in [-0.1, -0.05) is 91.4 Å². The molecule has 0 aliphatic carbocycles. The molecule has 2 heteroatoms. The lowest BCUT2D eigenvalue weighted by Crippen LogP contribution is -2.07. The normalized spacial score (nSPS) is 12.0. The summed E-state index contributed by atoms with van der Waals surface area (Å²) >= 11 is 0. The van der Waals surface area contributed by atoms with E-state index >= 15 is 0 Å². The van der Waals surface area contributed by atoms with Crippen LogP contribution in [0.5, 0.6) is 0 Å². The van der Waals surface area contributed by atoms with Crippen LogP contribution in [0.15, 0.2) is 24.5 Å². The Labute approximate surface area is 176 Å². The van der Waals surface area contributed by atoms with Crippen LogP contribution >= 0.6 is 0 Å². The monoisotopic (exact) mass is 391 g/mol. The molecule has 0 aromatic carbocycles. The SMILES string of the molecule is CC(C)(C)CCCOCCCCCCCCCCCCCCCn1cccc1. The van der Waals surface area contributed by atoms with Crippen molar-refractivity contribution in [2.24, 2.45) is 5.41 Å². The van der Waals surface area contributed by atoms with Crippen LogP contribution in [0.25, 0.3) is 0 Å². The Bertz CT molecular complexity index is 418. The highest BCUT2D eigenvalue weighted by Crippen LogP contribution is 2.20. The van der Waals surface area contributed by atoms with Crippen LogP contribution < -0.4 is 0 Å². The first kappa shape index (κ1) is 25.3. The van der Waals surface area contributed by atoms with Crippen LogP contribution in [0.2, 0.25) is 0 Å². The minimum absolute atomic E-state index is 0.451. The molecule has 0 amide bonds. The second kappa shape index (κ2) is 17.1. The lowest BCUT2D eigenvalue weighted by molar-refractivity contribution is 0.118. The summed E-state index contributed by atoms with van der Waals surface area (Å²) in [6, 6.07) is 4.23. The molecule has 164 valence electrons. The molecule has 1 aromatic heterocycles. The third-order valence-electron chi connectivity index (χ3n) is 5.59. The average molecular weight is 392 g/mol. The number of hydrogen-bond acceptors (Lipinski definition) is 1. The molecule has 0 radical (unpaired) electrons. The Kier molecular flexibility index (Phi) is 15.5. The summed E-state index contributed by atoms with van der Waals surface area (Å²) < 4.78 is 8.05. The number of nitrogens with zero attached hydrogens (tertiary/aromatic N) is 1. The van der Waals surface area contributed by atoms with Gasteiger partial charge in [-0.05, 0) is 43.2 Å². The van der Waals surface area contributed by atoms with Crippen molar-refractivity contribution in [3.05, 3.63) is 24.5 Å². The van der Waals surface area contributed by atoms with Crippen molar-refractivity contribution in [1.82, 2.24) is 4.57 Å². The molecule has 0 saturated heterocycles. The van der Waals surface area contributed by atoms with Gasteiger partial charge in [-0.15, -0.1) is 0 Å². The predicted octanol–water partition coefficient (Wildman–Crippen LogP) is 8.40. The summed E-state index contributed by atoms with van der Waals surface area (Å²) in [7, 11) is 0. The van der Waals surface area contributed by atoms with Gasteiger partial charge in [0.25, 0.3) is 0 Å². The number of aromatic nitrogens is 1. The molecular formula is C26H49NO. The van der Waals surface area contributed by atoms with E-state index < -0.39 is 0 Å². The van der Waals surface area contributed by atoms with Crippen LogP contribution in [0, 0.1) is 5.41 Å². The van der Waals surface area contributed by atoms with Crippen molar-refractivity contribution in [2.75, 3.05) is 13.2 Å². The predicted molar refractivity (Wildman–Crippen MR) is 124 cm³/mol. The molecule has 0 N–H and O–H groups in total. The second-order valence-electron chi connectivity index (χ2n) is 9.79. The molecule has 0 bridgehead atoms. The number of unbranched alkanes of at least 4 members (excludes halogenated alkanes) is 12. The third kappa shape index (κ3) is 17.3. The topological polar surface area (TPSA) is 14.2 Å². The fraction of sp³-hybridized carbons (Fsp3) is 0.846. The van der Waals surface area contributed by atoms with Crippen LogP contribution in [-0.4, -0.2) is 17.8 Å². The molecule has 0 fully saturated rings. The van der Waals surface area contributed by atoms with E-state index in [9.17, 15) is 0 Å². The van der Waals surface area contributed by atoms with E-state index in [1.54, 1.807) is 0 Å². The lowest BCUT2D eigenvalue weighted by atomic mass is 9.91.